The van der Waals surface area contributed by atoms with Crippen LogP contribution in [0.2, 0.25) is 0 Å². The minimum Gasteiger partial charge on any atom is -0.301 e. The van der Waals surface area contributed by atoms with Crippen LogP contribution in [0.1, 0.15) is 31.0 Å². The number of alkyl halides is 3. The van der Waals surface area contributed by atoms with Gasteiger partial charge in [0.05, 0.1) is 18.3 Å². The molecule has 0 N–H and O–H groups in total. The first-order valence-electron chi connectivity index (χ1n) is 7.60. The highest BCUT2D eigenvalue weighted by molar-refractivity contribution is 7.89. The third-order valence-corrected chi connectivity index (χ3v) is 5.94. The Balaban J connectivity index is 1.83. The number of hydrogen-bond donors (Lipinski definition) is 0. The molecule has 10 heteroatoms. The molecule has 3 heterocycles. The van der Waals surface area contributed by atoms with Gasteiger partial charge in [-0.2, -0.15) is 22.6 Å². The maximum atomic E-state index is 12.8. The van der Waals surface area contributed by atoms with E-state index in [9.17, 15) is 21.6 Å². The standard InChI is InChI=1S/C13H19F3N4O2S/c14-13(15,16)23(21,22)19-9-11-4-5-17-20(11)12(10-19)8-18-6-2-1-3-7-18/h4-5,12H,1-3,6-10H2/t12-/m0/s1. The van der Waals surface area contributed by atoms with Crippen LogP contribution >= 0.6 is 0 Å². The highest BCUT2D eigenvalue weighted by Crippen LogP contribution is 2.32. The summed E-state index contributed by atoms with van der Waals surface area (Å²) in [5, 5.41) is 4.17. The Bertz CT molecular complexity index is 652. The molecule has 0 bridgehead atoms. The number of likely N-dealkylation sites (tertiary alicyclic amines) is 1. The van der Waals surface area contributed by atoms with E-state index in [1.807, 2.05) is 0 Å². The maximum absolute atomic E-state index is 12.8. The third-order valence-electron chi connectivity index (χ3n) is 4.40. The van der Waals surface area contributed by atoms with Crippen LogP contribution in [-0.4, -0.2) is 59.1 Å². The number of sulfonamides is 1. The van der Waals surface area contributed by atoms with E-state index in [1.54, 1.807) is 10.7 Å². The molecule has 130 valence electrons. The monoisotopic (exact) mass is 352 g/mol. The molecular formula is C13H19F3N4O2S. The lowest BCUT2D eigenvalue weighted by Crippen LogP contribution is -2.49. The van der Waals surface area contributed by atoms with E-state index in [1.165, 1.54) is 6.20 Å². The first kappa shape index (κ1) is 16.7. The Morgan fingerprint density at radius 1 is 1.22 bits per heavy atom. The molecule has 0 unspecified atom stereocenters. The van der Waals surface area contributed by atoms with E-state index >= 15 is 0 Å². The molecular weight excluding hydrogens is 333 g/mol. The van der Waals surface area contributed by atoms with Gasteiger partial charge >= 0.3 is 15.5 Å². The Morgan fingerprint density at radius 2 is 1.91 bits per heavy atom. The first-order valence-corrected chi connectivity index (χ1v) is 9.04. The topological polar surface area (TPSA) is 58.4 Å². The van der Waals surface area contributed by atoms with Gasteiger partial charge in [0.1, 0.15) is 0 Å². The fourth-order valence-corrected chi connectivity index (χ4v) is 4.22. The Hall–Kier alpha value is -1.13. The van der Waals surface area contributed by atoms with Crippen molar-refractivity contribution in [3.05, 3.63) is 18.0 Å². The van der Waals surface area contributed by atoms with Crippen molar-refractivity contribution >= 4 is 10.0 Å². The SMILES string of the molecule is O=S(=O)(N1Cc2ccnn2[C@@H](CN2CCCCC2)C1)C(F)(F)F. The van der Waals surface area contributed by atoms with Crippen molar-refractivity contribution in [2.45, 2.75) is 37.4 Å². The summed E-state index contributed by atoms with van der Waals surface area (Å²) >= 11 is 0. The van der Waals surface area contributed by atoms with Gasteiger partial charge in [-0.05, 0) is 32.0 Å². The number of piperidine rings is 1. The van der Waals surface area contributed by atoms with Crippen LogP contribution in [0.5, 0.6) is 0 Å². The summed E-state index contributed by atoms with van der Waals surface area (Å²) in [7, 11) is -5.32. The molecule has 2 aliphatic heterocycles. The van der Waals surface area contributed by atoms with Crippen molar-refractivity contribution in [1.29, 1.82) is 0 Å². The predicted octanol–water partition coefficient (Wildman–Crippen LogP) is 1.58. The lowest BCUT2D eigenvalue weighted by Gasteiger charge is -2.37. The van der Waals surface area contributed by atoms with E-state index in [0.29, 0.717) is 16.5 Å². The largest absolute Gasteiger partial charge is 0.511 e. The highest BCUT2D eigenvalue weighted by atomic mass is 32.2. The van der Waals surface area contributed by atoms with Crippen molar-refractivity contribution < 1.29 is 21.6 Å². The summed E-state index contributed by atoms with van der Waals surface area (Å²) in [6.07, 6.45) is 4.78. The molecule has 1 saturated heterocycles. The van der Waals surface area contributed by atoms with Gasteiger partial charge in [-0.25, -0.2) is 8.42 Å². The Labute approximate surface area is 132 Å². The minimum atomic E-state index is -5.32. The number of nitrogens with zero attached hydrogens (tertiary/aromatic N) is 4. The van der Waals surface area contributed by atoms with Crippen LogP contribution in [0, 0.1) is 0 Å². The number of aromatic nitrogens is 2. The average Bonchev–Trinajstić information content (AvgIpc) is 2.96. The van der Waals surface area contributed by atoms with Crippen molar-refractivity contribution in [2.75, 3.05) is 26.2 Å². The molecule has 0 spiro atoms. The third kappa shape index (κ3) is 3.24. The quantitative estimate of drug-likeness (QED) is 0.829. The van der Waals surface area contributed by atoms with Gasteiger partial charge in [0, 0.05) is 19.3 Å². The molecule has 2 aliphatic rings. The second-order valence-corrected chi connectivity index (χ2v) is 7.95. The average molecular weight is 352 g/mol. The van der Waals surface area contributed by atoms with Gasteiger partial charge in [0.2, 0.25) is 0 Å². The molecule has 0 aliphatic carbocycles. The van der Waals surface area contributed by atoms with Gasteiger partial charge in [-0.15, -0.1) is 0 Å². The molecule has 1 aromatic rings. The summed E-state index contributed by atoms with van der Waals surface area (Å²) in [6, 6.07) is 1.17. The van der Waals surface area contributed by atoms with E-state index in [-0.39, 0.29) is 13.1 Å². The molecule has 3 rings (SSSR count). The summed E-state index contributed by atoms with van der Waals surface area (Å²) in [5.74, 6) is 0. The van der Waals surface area contributed by atoms with Crippen LogP contribution in [0.15, 0.2) is 12.3 Å². The predicted molar refractivity (Wildman–Crippen MR) is 76.9 cm³/mol. The zero-order valence-corrected chi connectivity index (χ0v) is 13.4. The lowest BCUT2D eigenvalue weighted by atomic mass is 10.1. The van der Waals surface area contributed by atoms with Crippen LogP contribution in [0.4, 0.5) is 13.2 Å². The molecule has 1 fully saturated rings. The summed E-state index contributed by atoms with van der Waals surface area (Å²) < 4.78 is 64.2. The molecule has 6 nitrogen and oxygen atoms in total. The van der Waals surface area contributed by atoms with Crippen LogP contribution in [0.25, 0.3) is 0 Å². The fraction of sp³-hybridized carbons (Fsp3) is 0.769. The van der Waals surface area contributed by atoms with Crippen LogP contribution in [0.3, 0.4) is 0 Å². The Kier molecular flexibility index (Phi) is 4.41. The normalized spacial score (nSPS) is 24.6. The zero-order chi connectivity index (χ0) is 16.7. The number of halogens is 3. The van der Waals surface area contributed by atoms with Crippen molar-refractivity contribution in [1.82, 2.24) is 19.0 Å². The number of rotatable bonds is 3. The lowest BCUT2D eigenvalue weighted by molar-refractivity contribution is -0.0501. The fourth-order valence-electron chi connectivity index (χ4n) is 3.26. The number of fused-ring (bicyclic) bond motifs is 1. The smallest absolute Gasteiger partial charge is 0.301 e. The van der Waals surface area contributed by atoms with E-state index in [4.69, 9.17) is 0 Å². The maximum Gasteiger partial charge on any atom is 0.511 e. The van der Waals surface area contributed by atoms with Crippen LogP contribution < -0.4 is 0 Å². The second-order valence-electron chi connectivity index (χ2n) is 6.03. The minimum absolute atomic E-state index is 0.201. The zero-order valence-electron chi connectivity index (χ0n) is 12.5. The molecule has 0 aromatic carbocycles. The van der Waals surface area contributed by atoms with E-state index in [0.717, 1.165) is 32.4 Å². The highest BCUT2D eigenvalue weighted by Gasteiger charge is 2.51. The van der Waals surface area contributed by atoms with E-state index in [2.05, 4.69) is 10.00 Å². The molecule has 1 aromatic heterocycles. The van der Waals surface area contributed by atoms with Gasteiger partial charge in [-0.1, -0.05) is 6.42 Å². The summed E-state index contributed by atoms with van der Waals surface area (Å²) in [5.41, 5.74) is -4.78. The Morgan fingerprint density at radius 3 is 2.57 bits per heavy atom. The molecule has 23 heavy (non-hydrogen) atoms. The molecule has 1 atom stereocenters. The van der Waals surface area contributed by atoms with E-state index < -0.39 is 21.6 Å². The van der Waals surface area contributed by atoms with Gasteiger partial charge < -0.3 is 4.90 Å². The van der Waals surface area contributed by atoms with Crippen molar-refractivity contribution in [2.24, 2.45) is 0 Å². The molecule has 0 saturated carbocycles. The molecule has 0 radical (unpaired) electrons. The van der Waals surface area contributed by atoms with Gasteiger partial charge in [-0.3, -0.25) is 4.68 Å². The van der Waals surface area contributed by atoms with Crippen molar-refractivity contribution in [3.8, 4) is 0 Å². The van der Waals surface area contributed by atoms with Gasteiger partial charge in [0.15, 0.2) is 0 Å². The first-order chi connectivity index (χ1) is 10.8. The van der Waals surface area contributed by atoms with Gasteiger partial charge in [0.25, 0.3) is 0 Å². The second kappa shape index (κ2) is 6.06. The van der Waals surface area contributed by atoms with Crippen molar-refractivity contribution in [3.63, 3.8) is 0 Å². The molecule has 0 amide bonds. The summed E-state index contributed by atoms with van der Waals surface area (Å²) in [6.45, 7) is 1.79. The summed E-state index contributed by atoms with van der Waals surface area (Å²) in [4.78, 5) is 2.17. The van der Waals surface area contributed by atoms with Crippen LogP contribution in [-0.2, 0) is 16.6 Å². The number of hydrogen-bond acceptors (Lipinski definition) is 4.